The fourth-order valence-corrected chi connectivity index (χ4v) is 9.34. The number of aryl methyl sites for hydroxylation is 2. The van der Waals surface area contributed by atoms with Crippen LogP contribution in [0.4, 0.5) is 30.7 Å². The summed E-state index contributed by atoms with van der Waals surface area (Å²) in [5, 5.41) is 9.33. The standard InChI is InChI=1S/C36H36F7NO6S/c1-22-4-3-5-23(2)30(22)20-50-34(35(38,39)40,36(41,42)43)27-12-10-26(11-13-27)33(51(48,49)29-16-14-28(37)15-17-29)18-19-44(21-33)31(45)24-6-8-25(9-7-24)32(46)47/h3-5,10-17,24-25H,6-9,18-21H2,1-2H3,(H,46,47)/t24?,25?,33-/m0/s1. The number of aliphatic carboxylic acids is 1. The molecule has 0 radical (unpaired) electrons. The highest BCUT2D eigenvalue weighted by molar-refractivity contribution is 7.92. The smallest absolute Gasteiger partial charge is 0.430 e. The second-order valence-electron chi connectivity index (χ2n) is 13.3. The van der Waals surface area contributed by atoms with Crippen molar-refractivity contribution in [3.05, 3.63) is 100 Å². The molecule has 2 aliphatic rings. The Morgan fingerprint density at radius 2 is 1.37 bits per heavy atom. The Hall–Kier alpha value is -3.98. The molecule has 3 aromatic carbocycles. The molecule has 0 spiro atoms. The number of carboxylic acids is 1. The predicted octanol–water partition coefficient (Wildman–Crippen LogP) is 7.77. The number of nitrogens with zero attached hydrogens (tertiary/aromatic N) is 1. The molecule has 1 aliphatic carbocycles. The van der Waals surface area contributed by atoms with Crippen LogP contribution < -0.4 is 0 Å². The van der Waals surface area contributed by atoms with Crippen molar-refractivity contribution in [2.24, 2.45) is 11.8 Å². The third-order valence-corrected chi connectivity index (χ3v) is 12.8. The first-order valence-corrected chi connectivity index (χ1v) is 17.7. The number of benzene rings is 3. The molecule has 5 rings (SSSR count). The van der Waals surface area contributed by atoms with Gasteiger partial charge in [-0.1, -0.05) is 42.5 Å². The van der Waals surface area contributed by atoms with Gasteiger partial charge in [0.1, 0.15) is 10.6 Å². The van der Waals surface area contributed by atoms with Crippen molar-refractivity contribution in [1.82, 2.24) is 4.90 Å². The number of rotatable bonds is 9. The molecule has 1 amide bonds. The third-order valence-electron chi connectivity index (χ3n) is 10.3. The van der Waals surface area contributed by atoms with Crippen molar-refractivity contribution < 1.29 is 58.6 Å². The van der Waals surface area contributed by atoms with Gasteiger partial charge in [-0.3, -0.25) is 9.59 Å². The molecule has 1 aliphatic heterocycles. The molecule has 0 aromatic heterocycles. The van der Waals surface area contributed by atoms with Gasteiger partial charge in [-0.2, -0.15) is 26.3 Å². The quantitative estimate of drug-likeness (QED) is 0.178. The number of sulfone groups is 1. The molecule has 1 saturated heterocycles. The molecule has 2 fully saturated rings. The predicted molar refractivity (Wildman–Crippen MR) is 170 cm³/mol. The van der Waals surface area contributed by atoms with E-state index in [2.05, 4.69) is 0 Å². The largest absolute Gasteiger partial charge is 0.481 e. The van der Waals surface area contributed by atoms with E-state index in [1.165, 1.54) is 30.9 Å². The van der Waals surface area contributed by atoms with Gasteiger partial charge in [0.15, 0.2) is 9.84 Å². The second kappa shape index (κ2) is 13.9. The SMILES string of the molecule is Cc1cccc(C)c1COC(c1ccc([C@]2(S(=O)(=O)c3ccc(F)cc3)CCN(C(=O)C3CCC(C(=O)O)CC3)C2)cc1)(C(F)(F)F)C(F)(F)F. The number of alkyl halides is 6. The summed E-state index contributed by atoms with van der Waals surface area (Å²) in [5.74, 6) is -3.37. The number of likely N-dealkylation sites (tertiary alicyclic amines) is 1. The Morgan fingerprint density at radius 3 is 1.88 bits per heavy atom. The van der Waals surface area contributed by atoms with Crippen molar-refractivity contribution in [2.45, 2.75) is 80.2 Å². The number of carbonyl (C=O) groups excluding carboxylic acids is 1. The van der Waals surface area contributed by atoms with Crippen LogP contribution in [0, 0.1) is 31.5 Å². The van der Waals surface area contributed by atoms with Gasteiger partial charge in [-0.05, 0) is 92.5 Å². The van der Waals surface area contributed by atoms with Crippen LogP contribution in [0.5, 0.6) is 0 Å². The molecule has 276 valence electrons. The van der Waals surface area contributed by atoms with Gasteiger partial charge in [0.2, 0.25) is 5.91 Å². The summed E-state index contributed by atoms with van der Waals surface area (Å²) in [6, 6.07) is 11.3. The van der Waals surface area contributed by atoms with Crippen molar-refractivity contribution in [2.75, 3.05) is 13.1 Å². The molecule has 51 heavy (non-hydrogen) atoms. The maximum absolute atomic E-state index is 14.7. The van der Waals surface area contributed by atoms with Gasteiger partial charge < -0.3 is 14.7 Å². The van der Waals surface area contributed by atoms with E-state index in [-0.39, 0.29) is 54.7 Å². The van der Waals surface area contributed by atoms with Crippen LogP contribution in [-0.2, 0) is 41.1 Å². The van der Waals surface area contributed by atoms with Crippen molar-refractivity contribution >= 4 is 21.7 Å². The van der Waals surface area contributed by atoms with E-state index >= 15 is 0 Å². The average Bonchev–Trinajstić information content (AvgIpc) is 3.53. The van der Waals surface area contributed by atoms with E-state index < -0.39 is 80.8 Å². The molecule has 15 heteroatoms. The molecule has 1 saturated carbocycles. The minimum Gasteiger partial charge on any atom is -0.481 e. The molecule has 1 heterocycles. The highest BCUT2D eigenvalue weighted by atomic mass is 32.2. The number of carbonyl (C=O) groups is 2. The lowest BCUT2D eigenvalue weighted by molar-refractivity contribution is -0.392. The van der Waals surface area contributed by atoms with Crippen molar-refractivity contribution in [3.63, 3.8) is 0 Å². The zero-order valence-electron chi connectivity index (χ0n) is 27.7. The van der Waals surface area contributed by atoms with Gasteiger partial charge in [-0.25, -0.2) is 12.8 Å². The molecular formula is C36H36F7NO6S. The highest BCUT2D eigenvalue weighted by Gasteiger charge is 2.73. The van der Waals surface area contributed by atoms with Crippen molar-refractivity contribution in [3.8, 4) is 0 Å². The van der Waals surface area contributed by atoms with Crippen LogP contribution >= 0.6 is 0 Å². The molecular weight excluding hydrogens is 707 g/mol. The number of amides is 1. The zero-order chi connectivity index (χ0) is 37.6. The van der Waals surface area contributed by atoms with E-state index in [4.69, 9.17) is 4.74 Å². The molecule has 0 bridgehead atoms. The van der Waals surface area contributed by atoms with Crippen LogP contribution in [0.1, 0.15) is 59.9 Å². The molecule has 1 atom stereocenters. The van der Waals surface area contributed by atoms with E-state index in [1.54, 1.807) is 6.07 Å². The lowest BCUT2D eigenvalue weighted by Gasteiger charge is -2.38. The maximum Gasteiger partial charge on any atom is 0.430 e. The zero-order valence-corrected chi connectivity index (χ0v) is 28.5. The molecule has 0 unspecified atom stereocenters. The van der Waals surface area contributed by atoms with Crippen molar-refractivity contribution in [1.29, 1.82) is 0 Å². The van der Waals surface area contributed by atoms with Crippen LogP contribution in [-0.4, -0.2) is 55.7 Å². The van der Waals surface area contributed by atoms with Gasteiger partial charge in [0.25, 0.3) is 5.60 Å². The first kappa shape index (κ1) is 38.3. The lowest BCUT2D eigenvalue weighted by atomic mass is 9.81. The first-order valence-electron chi connectivity index (χ1n) is 16.2. The number of hydrogen-bond acceptors (Lipinski definition) is 5. The summed E-state index contributed by atoms with van der Waals surface area (Å²) in [6.45, 7) is 1.42. The minimum atomic E-state index is -6.00. The van der Waals surface area contributed by atoms with Crippen LogP contribution in [0.15, 0.2) is 71.6 Å². The highest BCUT2D eigenvalue weighted by Crippen LogP contribution is 2.54. The van der Waals surface area contributed by atoms with Crippen LogP contribution in [0.25, 0.3) is 0 Å². The number of halogens is 7. The number of carboxylic acid groups (broad SMARTS) is 1. The topological polar surface area (TPSA) is 101 Å². The monoisotopic (exact) mass is 743 g/mol. The molecule has 3 aromatic rings. The fraction of sp³-hybridized carbons (Fsp3) is 0.444. The van der Waals surface area contributed by atoms with Gasteiger partial charge in [0.05, 0.1) is 17.4 Å². The van der Waals surface area contributed by atoms with E-state index in [1.807, 2.05) is 0 Å². The maximum atomic E-state index is 14.7. The Labute approximate surface area is 290 Å². The lowest BCUT2D eigenvalue weighted by Crippen LogP contribution is -2.56. The second-order valence-corrected chi connectivity index (χ2v) is 15.5. The Kier molecular flexibility index (Phi) is 10.4. The summed E-state index contributed by atoms with van der Waals surface area (Å²) in [5.41, 5.74) is -5.30. The minimum absolute atomic E-state index is 0.117. The first-order chi connectivity index (χ1) is 23.7. The summed E-state index contributed by atoms with van der Waals surface area (Å²) in [4.78, 5) is 25.9. The van der Waals surface area contributed by atoms with Gasteiger partial charge >= 0.3 is 18.3 Å². The number of ether oxygens (including phenoxy) is 1. The van der Waals surface area contributed by atoms with Crippen LogP contribution in [0.3, 0.4) is 0 Å². The summed E-state index contributed by atoms with van der Waals surface area (Å²) >= 11 is 0. The van der Waals surface area contributed by atoms with E-state index in [9.17, 15) is 53.8 Å². The molecule has 7 nitrogen and oxygen atoms in total. The van der Waals surface area contributed by atoms with E-state index in [0.717, 1.165) is 36.4 Å². The average molecular weight is 744 g/mol. The molecule has 1 N–H and O–H groups in total. The Balaban J connectivity index is 1.56. The van der Waals surface area contributed by atoms with E-state index in [0.29, 0.717) is 23.3 Å². The summed E-state index contributed by atoms with van der Waals surface area (Å²) < 4.78 is 134. The summed E-state index contributed by atoms with van der Waals surface area (Å²) in [6.07, 6.45) is -11.3. The van der Waals surface area contributed by atoms with Crippen LogP contribution in [0.2, 0.25) is 0 Å². The summed E-state index contributed by atoms with van der Waals surface area (Å²) in [7, 11) is -4.56. The Bertz CT molecular complexity index is 1840. The third kappa shape index (κ3) is 6.86. The Morgan fingerprint density at radius 1 is 0.843 bits per heavy atom. The van der Waals surface area contributed by atoms with Gasteiger partial charge in [-0.15, -0.1) is 0 Å². The van der Waals surface area contributed by atoms with Gasteiger partial charge in [0, 0.05) is 24.6 Å². The normalized spacial score (nSPS) is 21.9. The fourth-order valence-electron chi connectivity index (χ4n) is 7.27. The number of hydrogen-bond donors (Lipinski definition) is 1.